The molecule has 0 fully saturated rings. The van der Waals surface area contributed by atoms with Crippen molar-refractivity contribution in [1.29, 1.82) is 0 Å². The number of hydrogen-bond donors (Lipinski definition) is 1. The summed E-state index contributed by atoms with van der Waals surface area (Å²) in [5.41, 5.74) is 4.30. The summed E-state index contributed by atoms with van der Waals surface area (Å²) in [6, 6.07) is 25.4. The number of rotatable bonds is 8. The minimum atomic E-state index is -0.566. The highest BCUT2D eigenvalue weighted by atomic mass is 16.5. The van der Waals surface area contributed by atoms with Gasteiger partial charge in [0, 0.05) is 5.56 Å². The van der Waals surface area contributed by atoms with Gasteiger partial charge in [0.1, 0.15) is 5.75 Å². The molecular weight excluding hydrogens is 444 g/mol. The molecular formula is C28H24N2O5. The van der Waals surface area contributed by atoms with Gasteiger partial charge in [0.05, 0.1) is 32.4 Å². The molecule has 7 nitrogen and oxygen atoms in total. The SMILES string of the molecule is COc1ccc(C(=O)Oc2ccc3ccccc3c2/C=N\NC(=O)Cc2ccccc2)cc1OC. The molecule has 4 aromatic rings. The van der Waals surface area contributed by atoms with Crippen molar-refractivity contribution < 1.29 is 23.8 Å². The summed E-state index contributed by atoms with van der Waals surface area (Å²) in [7, 11) is 3.02. The van der Waals surface area contributed by atoms with Crippen molar-refractivity contribution in [2.75, 3.05) is 14.2 Å². The van der Waals surface area contributed by atoms with Gasteiger partial charge in [0.25, 0.3) is 0 Å². The molecule has 1 N–H and O–H groups in total. The third-order valence-corrected chi connectivity index (χ3v) is 5.34. The predicted molar refractivity (Wildman–Crippen MR) is 134 cm³/mol. The van der Waals surface area contributed by atoms with Gasteiger partial charge in [0.15, 0.2) is 11.5 Å². The molecule has 0 atom stereocenters. The number of fused-ring (bicyclic) bond motifs is 1. The van der Waals surface area contributed by atoms with Crippen LogP contribution in [0.4, 0.5) is 0 Å². The van der Waals surface area contributed by atoms with Crippen molar-refractivity contribution in [2.24, 2.45) is 5.10 Å². The number of carbonyl (C=O) groups excluding carboxylic acids is 2. The number of hydrazone groups is 1. The Kier molecular flexibility index (Phi) is 7.37. The molecule has 0 saturated carbocycles. The van der Waals surface area contributed by atoms with Crippen molar-refractivity contribution in [3.63, 3.8) is 0 Å². The molecule has 176 valence electrons. The van der Waals surface area contributed by atoms with E-state index in [0.29, 0.717) is 28.4 Å². The lowest BCUT2D eigenvalue weighted by molar-refractivity contribution is -0.120. The normalized spacial score (nSPS) is 10.8. The Bertz CT molecular complexity index is 1380. The molecule has 0 aromatic heterocycles. The maximum atomic E-state index is 12.9. The van der Waals surface area contributed by atoms with Crippen LogP contribution >= 0.6 is 0 Å². The molecule has 0 heterocycles. The fourth-order valence-electron chi connectivity index (χ4n) is 3.61. The molecule has 35 heavy (non-hydrogen) atoms. The lowest BCUT2D eigenvalue weighted by atomic mass is 10.0. The number of amides is 1. The van der Waals surface area contributed by atoms with E-state index in [0.717, 1.165) is 16.3 Å². The summed E-state index contributed by atoms with van der Waals surface area (Å²) in [6.45, 7) is 0. The second-order valence-corrected chi connectivity index (χ2v) is 7.61. The first-order valence-corrected chi connectivity index (χ1v) is 10.9. The van der Waals surface area contributed by atoms with Crippen molar-refractivity contribution in [2.45, 2.75) is 6.42 Å². The average molecular weight is 469 g/mol. The largest absolute Gasteiger partial charge is 0.493 e. The number of nitrogens with one attached hydrogen (secondary N) is 1. The second kappa shape index (κ2) is 11.0. The Morgan fingerprint density at radius 1 is 0.829 bits per heavy atom. The van der Waals surface area contributed by atoms with E-state index in [9.17, 15) is 9.59 Å². The number of nitrogens with zero attached hydrogens (tertiary/aromatic N) is 1. The summed E-state index contributed by atoms with van der Waals surface area (Å²) in [5, 5.41) is 5.89. The van der Waals surface area contributed by atoms with Gasteiger partial charge < -0.3 is 14.2 Å². The fourth-order valence-corrected chi connectivity index (χ4v) is 3.61. The monoisotopic (exact) mass is 468 g/mol. The van der Waals surface area contributed by atoms with Crippen LogP contribution in [-0.4, -0.2) is 32.3 Å². The molecule has 0 saturated heterocycles. The molecule has 7 heteroatoms. The molecule has 0 unspecified atom stereocenters. The molecule has 4 aromatic carbocycles. The highest BCUT2D eigenvalue weighted by Crippen LogP contribution is 2.30. The predicted octanol–water partition coefficient (Wildman–Crippen LogP) is 4.77. The van der Waals surface area contributed by atoms with Crippen LogP contribution in [0.15, 0.2) is 90.0 Å². The third-order valence-electron chi connectivity index (χ3n) is 5.34. The van der Waals surface area contributed by atoms with Gasteiger partial charge in [-0.3, -0.25) is 4.79 Å². The Labute approximate surface area is 202 Å². The number of benzene rings is 4. The molecule has 4 rings (SSSR count). The van der Waals surface area contributed by atoms with Crippen LogP contribution < -0.4 is 19.6 Å². The Morgan fingerprint density at radius 3 is 2.31 bits per heavy atom. The lowest BCUT2D eigenvalue weighted by Crippen LogP contribution is -2.19. The van der Waals surface area contributed by atoms with Crippen LogP contribution in [0.1, 0.15) is 21.5 Å². The number of ether oxygens (including phenoxy) is 3. The first-order chi connectivity index (χ1) is 17.1. The minimum absolute atomic E-state index is 0.203. The molecule has 0 aliphatic rings. The van der Waals surface area contributed by atoms with Crippen LogP contribution in [0, 0.1) is 0 Å². The first-order valence-electron chi connectivity index (χ1n) is 10.9. The zero-order valence-corrected chi connectivity index (χ0v) is 19.4. The fraction of sp³-hybridized carbons (Fsp3) is 0.107. The molecule has 0 aliphatic carbocycles. The lowest BCUT2D eigenvalue weighted by Gasteiger charge is -2.12. The summed E-state index contributed by atoms with van der Waals surface area (Å²) in [4.78, 5) is 25.2. The molecule has 0 radical (unpaired) electrons. The van der Waals surface area contributed by atoms with E-state index >= 15 is 0 Å². The Hall–Kier alpha value is -4.65. The molecule has 0 bridgehead atoms. The standard InChI is InChI=1S/C28H24N2O5/c1-33-25-15-13-21(17-26(25)34-2)28(32)35-24-14-12-20-10-6-7-11-22(20)23(24)18-29-30-27(31)16-19-8-4-3-5-9-19/h3-15,17-18H,16H2,1-2H3,(H,30,31)/b29-18-. The summed E-state index contributed by atoms with van der Waals surface area (Å²) in [6.07, 6.45) is 1.69. The van der Waals surface area contributed by atoms with Crippen molar-refractivity contribution in [1.82, 2.24) is 5.43 Å². The number of carbonyl (C=O) groups is 2. The molecule has 1 amide bonds. The van der Waals surface area contributed by atoms with Crippen LogP contribution in [0.25, 0.3) is 10.8 Å². The van der Waals surface area contributed by atoms with Crippen LogP contribution in [0.5, 0.6) is 17.2 Å². The number of methoxy groups -OCH3 is 2. The van der Waals surface area contributed by atoms with Gasteiger partial charge in [0.2, 0.25) is 5.91 Å². The zero-order chi connectivity index (χ0) is 24.6. The zero-order valence-electron chi connectivity index (χ0n) is 19.4. The Morgan fingerprint density at radius 2 is 1.54 bits per heavy atom. The van der Waals surface area contributed by atoms with Crippen molar-refractivity contribution in [3.8, 4) is 17.2 Å². The summed E-state index contributed by atoms with van der Waals surface area (Å²) < 4.78 is 16.2. The highest BCUT2D eigenvalue weighted by Gasteiger charge is 2.16. The van der Waals surface area contributed by atoms with Crippen LogP contribution in [0.3, 0.4) is 0 Å². The maximum absolute atomic E-state index is 12.9. The maximum Gasteiger partial charge on any atom is 0.343 e. The van der Waals surface area contributed by atoms with Gasteiger partial charge in [-0.05, 0) is 40.6 Å². The van der Waals surface area contributed by atoms with Crippen LogP contribution in [0.2, 0.25) is 0 Å². The molecule has 0 spiro atoms. The molecule has 0 aliphatic heterocycles. The summed E-state index contributed by atoms with van der Waals surface area (Å²) >= 11 is 0. The quantitative estimate of drug-likeness (QED) is 0.174. The highest BCUT2D eigenvalue weighted by molar-refractivity contribution is 6.04. The number of esters is 1. The van der Waals surface area contributed by atoms with E-state index in [1.165, 1.54) is 20.4 Å². The first kappa shape index (κ1) is 23.5. The van der Waals surface area contributed by atoms with Crippen molar-refractivity contribution >= 4 is 28.9 Å². The van der Waals surface area contributed by atoms with Gasteiger partial charge >= 0.3 is 5.97 Å². The topological polar surface area (TPSA) is 86.2 Å². The smallest absolute Gasteiger partial charge is 0.343 e. The summed E-state index contributed by atoms with van der Waals surface area (Å²) in [5.74, 6) is 0.419. The average Bonchev–Trinajstić information content (AvgIpc) is 2.89. The third kappa shape index (κ3) is 5.65. The van der Waals surface area contributed by atoms with Crippen LogP contribution in [-0.2, 0) is 11.2 Å². The second-order valence-electron chi connectivity index (χ2n) is 7.61. The van der Waals surface area contributed by atoms with E-state index in [1.807, 2.05) is 60.7 Å². The van der Waals surface area contributed by atoms with Gasteiger partial charge in [-0.2, -0.15) is 5.10 Å². The van der Waals surface area contributed by atoms with Gasteiger partial charge in [-0.15, -0.1) is 0 Å². The van der Waals surface area contributed by atoms with E-state index < -0.39 is 5.97 Å². The van der Waals surface area contributed by atoms with Gasteiger partial charge in [-0.1, -0.05) is 60.7 Å². The van der Waals surface area contributed by atoms with E-state index in [2.05, 4.69) is 10.5 Å². The minimum Gasteiger partial charge on any atom is -0.493 e. The van der Waals surface area contributed by atoms with E-state index in [4.69, 9.17) is 14.2 Å². The Balaban J connectivity index is 1.58. The number of hydrogen-bond acceptors (Lipinski definition) is 6. The van der Waals surface area contributed by atoms with E-state index in [1.54, 1.807) is 24.3 Å². The van der Waals surface area contributed by atoms with E-state index in [-0.39, 0.29) is 12.3 Å². The van der Waals surface area contributed by atoms with Gasteiger partial charge in [-0.25, -0.2) is 10.2 Å². The van der Waals surface area contributed by atoms with Crippen molar-refractivity contribution in [3.05, 3.63) is 102 Å².